The van der Waals surface area contributed by atoms with Gasteiger partial charge >= 0.3 is 5.97 Å². The minimum absolute atomic E-state index is 0.0312. The summed E-state index contributed by atoms with van der Waals surface area (Å²) in [7, 11) is 1.15. The van der Waals surface area contributed by atoms with Crippen LogP contribution in [-0.2, 0) is 4.74 Å². The summed E-state index contributed by atoms with van der Waals surface area (Å²) in [5.41, 5.74) is -0.262. The summed E-state index contributed by atoms with van der Waals surface area (Å²) in [4.78, 5) is 11.1. The Hall–Kier alpha value is -0.320. The van der Waals surface area contributed by atoms with Crippen molar-refractivity contribution in [2.24, 2.45) is 0 Å². The number of hydrogen-bond donors (Lipinski definition) is 0. The maximum atomic E-state index is 13.4. The molecule has 0 spiro atoms. The van der Waals surface area contributed by atoms with Gasteiger partial charge in [0.15, 0.2) is 5.82 Å². The molecule has 0 bridgehead atoms. The van der Waals surface area contributed by atoms with Gasteiger partial charge in [0.1, 0.15) is 5.56 Å². The number of rotatable bonds is 1. The lowest BCUT2D eigenvalue weighted by Crippen LogP contribution is -2.06. The number of hydrogen-bond acceptors (Lipinski definition) is 2. The third kappa shape index (κ3) is 2.02. The molecule has 1 aromatic carbocycles. The second-order valence-corrected chi connectivity index (χ2v) is 3.97. The zero-order valence-corrected chi connectivity index (χ0v) is 10.0. The van der Waals surface area contributed by atoms with Crippen molar-refractivity contribution in [3.05, 3.63) is 32.0 Å². The zero-order valence-electron chi connectivity index (χ0n) is 6.91. The fourth-order valence-electron chi connectivity index (χ4n) is 0.855. The smallest absolute Gasteiger partial charge is 0.342 e. The van der Waals surface area contributed by atoms with Crippen molar-refractivity contribution < 1.29 is 13.9 Å². The van der Waals surface area contributed by atoms with Crippen LogP contribution in [0.15, 0.2) is 10.5 Å². The van der Waals surface area contributed by atoms with Gasteiger partial charge in [-0.3, -0.25) is 0 Å². The first-order valence-corrected chi connectivity index (χ1v) is 4.95. The number of halogens is 4. The van der Waals surface area contributed by atoms with Gasteiger partial charge in [0.25, 0.3) is 0 Å². The minimum atomic E-state index is -0.891. The molecule has 0 N–H and O–H groups in total. The van der Waals surface area contributed by atoms with E-state index >= 15 is 0 Å². The highest BCUT2D eigenvalue weighted by atomic mass is 79.9. The molecule has 0 saturated carbocycles. The van der Waals surface area contributed by atoms with Gasteiger partial charge in [-0.25, -0.2) is 9.18 Å². The number of carbonyl (C=O) groups is 1. The third-order valence-corrected chi connectivity index (χ3v) is 2.89. The Kier molecular flexibility index (Phi) is 3.75. The van der Waals surface area contributed by atoms with Crippen molar-refractivity contribution >= 4 is 45.1 Å². The summed E-state index contributed by atoms with van der Waals surface area (Å²) in [5, 5.41) is -0.265. The van der Waals surface area contributed by atoms with Crippen LogP contribution in [0, 0.1) is 5.82 Å². The van der Waals surface area contributed by atoms with Gasteiger partial charge in [-0.1, -0.05) is 23.2 Å². The Bertz CT molecular complexity index is 395. The van der Waals surface area contributed by atoms with Crippen LogP contribution in [0.2, 0.25) is 10.0 Å². The van der Waals surface area contributed by atoms with Gasteiger partial charge in [-0.05, 0) is 22.0 Å². The third-order valence-electron chi connectivity index (χ3n) is 1.50. The lowest BCUT2D eigenvalue weighted by molar-refractivity contribution is 0.0594. The van der Waals surface area contributed by atoms with E-state index in [4.69, 9.17) is 23.2 Å². The second-order valence-electron chi connectivity index (χ2n) is 2.33. The average Bonchev–Trinajstić information content (AvgIpc) is 2.14. The van der Waals surface area contributed by atoms with Crippen molar-refractivity contribution in [2.75, 3.05) is 7.11 Å². The van der Waals surface area contributed by atoms with E-state index in [1.807, 2.05) is 0 Å². The molecule has 0 amide bonds. The van der Waals surface area contributed by atoms with E-state index in [9.17, 15) is 9.18 Å². The molecule has 0 radical (unpaired) electrons. The molecular weight excluding hydrogens is 298 g/mol. The Balaban J connectivity index is 3.44. The molecule has 76 valence electrons. The summed E-state index contributed by atoms with van der Waals surface area (Å²) in [6.07, 6.45) is 0. The van der Waals surface area contributed by atoms with E-state index in [1.165, 1.54) is 6.07 Å². The number of benzene rings is 1. The van der Waals surface area contributed by atoms with Crippen LogP contribution in [0.5, 0.6) is 0 Å². The SMILES string of the molecule is COC(=O)c1c(Br)cc(Cl)c(Cl)c1F. The summed E-state index contributed by atoms with van der Waals surface area (Å²) in [6, 6.07) is 1.33. The second kappa shape index (κ2) is 4.47. The van der Waals surface area contributed by atoms with Crippen LogP contribution in [0.3, 0.4) is 0 Å². The normalized spacial score (nSPS) is 10.1. The summed E-state index contributed by atoms with van der Waals surface area (Å²) >= 11 is 14.1. The number of esters is 1. The Labute approximate surface area is 98.1 Å². The number of ether oxygens (including phenoxy) is 1. The molecular formula is C8H4BrCl2FO2. The monoisotopic (exact) mass is 300 g/mol. The van der Waals surface area contributed by atoms with Crippen molar-refractivity contribution in [1.29, 1.82) is 0 Å². The molecule has 6 heteroatoms. The predicted molar refractivity (Wildman–Crippen MR) is 55.5 cm³/mol. The standard InChI is InChI=1S/C8H4BrCl2FO2/c1-14-8(13)5-3(9)2-4(10)6(11)7(5)12/h2H,1H3. The first-order valence-electron chi connectivity index (χ1n) is 3.40. The van der Waals surface area contributed by atoms with E-state index < -0.39 is 11.8 Å². The molecule has 0 heterocycles. The van der Waals surface area contributed by atoms with Crippen LogP contribution in [0.1, 0.15) is 10.4 Å². The molecule has 0 aliphatic rings. The Morgan fingerprint density at radius 2 is 2.14 bits per heavy atom. The molecule has 1 aromatic rings. The highest BCUT2D eigenvalue weighted by Gasteiger charge is 2.21. The first kappa shape index (κ1) is 11.8. The molecule has 0 aliphatic heterocycles. The first-order chi connectivity index (χ1) is 6.49. The van der Waals surface area contributed by atoms with Crippen molar-refractivity contribution in [3.8, 4) is 0 Å². The van der Waals surface area contributed by atoms with Crippen LogP contribution in [0.25, 0.3) is 0 Å². The van der Waals surface area contributed by atoms with Gasteiger partial charge in [0, 0.05) is 4.47 Å². The molecule has 0 unspecified atom stereocenters. The van der Waals surface area contributed by atoms with E-state index in [0.29, 0.717) is 0 Å². The Morgan fingerprint density at radius 1 is 1.57 bits per heavy atom. The van der Waals surface area contributed by atoms with Gasteiger partial charge in [0.2, 0.25) is 0 Å². The topological polar surface area (TPSA) is 26.3 Å². The van der Waals surface area contributed by atoms with Crippen molar-refractivity contribution in [2.45, 2.75) is 0 Å². The highest BCUT2D eigenvalue weighted by Crippen LogP contribution is 2.33. The highest BCUT2D eigenvalue weighted by molar-refractivity contribution is 9.10. The molecule has 0 aliphatic carbocycles. The fraction of sp³-hybridized carbons (Fsp3) is 0.125. The van der Waals surface area contributed by atoms with Crippen LogP contribution in [-0.4, -0.2) is 13.1 Å². The molecule has 14 heavy (non-hydrogen) atoms. The maximum Gasteiger partial charge on any atom is 0.342 e. The zero-order chi connectivity index (χ0) is 10.9. The summed E-state index contributed by atoms with van der Waals surface area (Å²) in [5.74, 6) is -1.70. The van der Waals surface area contributed by atoms with E-state index in [1.54, 1.807) is 0 Å². The lowest BCUT2D eigenvalue weighted by Gasteiger charge is -2.06. The maximum absolute atomic E-state index is 13.4. The molecule has 0 fully saturated rings. The fourth-order valence-corrected chi connectivity index (χ4v) is 1.89. The molecule has 0 atom stereocenters. The van der Waals surface area contributed by atoms with Gasteiger partial charge in [-0.15, -0.1) is 0 Å². The van der Waals surface area contributed by atoms with E-state index in [-0.39, 0.29) is 20.1 Å². The summed E-state index contributed by atoms with van der Waals surface area (Å²) < 4.78 is 18.0. The molecule has 2 nitrogen and oxygen atoms in total. The van der Waals surface area contributed by atoms with Gasteiger partial charge in [-0.2, -0.15) is 0 Å². The van der Waals surface area contributed by atoms with Gasteiger partial charge in [0.05, 0.1) is 17.2 Å². The van der Waals surface area contributed by atoms with Crippen LogP contribution >= 0.6 is 39.1 Å². The minimum Gasteiger partial charge on any atom is -0.465 e. The van der Waals surface area contributed by atoms with E-state index in [0.717, 1.165) is 7.11 Å². The molecule has 0 aromatic heterocycles. The number of carbonyl (C=O) groups excluding carboxylic acids is 1. The predicted octanol–water partition coefficient (Wildman–Crippen LogP) is 3.68. The molecule has 1 rings (SSSR count). The van der Waals surface area contributed by atoms with Crippen molar-refractivity contribution in [1.82, 2.24) is 0 Å². The average molecular weight is 302 g/mol. The van der Waals surface area contributed by atoms with E-state index in [2.05, 4.69) is 20.7 Å². The van der Waals surface area contributed by atoms with Crippen LogP contribution in [0.4, 0.5) is 4.39 Å². The van der Waals surface area contributed by atoms with Crippen molar-refractivity contribution in [3.63, 3.8) is 0 Å². The summed E-state index contributed by atoms with van der Waals surface area (Å²) in [6.45, 7) is 0. The van der Waals surface area contributed by atoms with Gasteiger partial charge < -0.3 is 4.74 Å². The largest absolute Gasteiger partial charge is 0.465 e. The molecule has 0 saturated heterocycles. The number of methoxy groups -OCH3 is 1. The van der Waals surface area contributed by atoms with Crippen LogP contribution < -0.4 is 0 Å². The Morgan fingerprint density at radius 3 is 2.64 bits per heavy atom. The lowest BCUT2D eigenvalue weighted by atomic mass is 10.2. The quantitative estimate of drug-likeness (QED) is 0.449.